The zero-order valence-corrected chi connectivity index (χ0v) is 11.0. The minimum absolute atomic E-state index is 0.0762. The summed E-state index contributed by atoms with van der Waals surface area (Å²) in [6.45, 7) is 1.93. The van der Waals surface area contributed by atoms with Crippen molar-refractivity contribution in [2.24, 2.45) is 0 Å². The molecule has 0 radical (unpaired) electrons. The number of carbonyl (C=O) groups is 1. The van der Waals surface area contributed by atoms with Gasteiger partial charge in [-0.2, -0.15) is 0 Å². The van der Waals surface area contributed by atoms with Crippen LogP contribution in [-0.2, 0) is 4.79 Å². The zero-order valence-electron chi connectivity index (χ0n) is 11.0. The van der Waals surface area contributed by atoms with Crippen molar-refractivity contribution in [3.05, 3.63) is 60.3 Å². The van der Waals surface area contributed by atoms with Gasteiger partial charge < -0.3 is 9.32 Å². The van der Waals surface area contributed by atoms with Crippen LogP contribution in [0.2, 0.25) is 0 Å². The smallest absolute Gasteiger partial charge is 0.246 e. The Bertz CT molecular complexity index is 547. The summed E-state index contributed by atoms with van der Waals surface area (Å²) >= 11 is 0. The predicted octanol–water partition coefficient (Wildman–Crippen LogP) is 2.91. The molecule has 0 N–H and O–H groups in total. The van der Waals surface area contributed by atoms with Crippen LogP contribution in [0.4, 0.5) is 0 Å². The van der Waals surface area contributed by atoms with Gasteiger partial charge >= 0.3 is 0 Å². The molecule has 1 unspecified atom stereocenters. The summed E-state index contributed by atoms with van der Waals surface area (Å²) in [5.41, 5.74) is 0.898. The van der Waals surface area contributed by atoms with Gasteiger partial charge in [0.1, 0.15) is 5.76 Å². The van der Waals surface area contributed by atoms with Crippen molar-refractivity contribution in [1.82, 2.24) is 9.88 Å². The fraction of sp³-hybridized carbons (Fsp3) is 0.200. The molecule has 4 nitrogen and oxygen atoms in total. The molecule has 2 aromatic rings. The highest BCUT2D eigenvalue weighted by molar-refractivity contribution is 5.91. The van der Waals surface area contributed by atoms with Gasteiger partial charge in [-0.15, -0.1) is 0 Å². The van der Waals surface area contributed by atoms with Crippen LogP contribution in [0.5, 0.6) is 0 Å². The maximum atomic E-state index is 12.0. The summed E-state index contributed by atoms with van der Waals surface area (Å²) in [6, 6.07) is 7.31. The SMILES string of the molecule is CC(c1ccco1)N(C)C(=O)/C=C/c1cccnc1. The molecule has 2 heterocycles. The Kier molecular flexibility index (Phi) is 4.13. The van der Waals surface area contributed by atoms with E-state index in [0.717, 1.165) is 11.3 Å². The van der Waals surface area contributed by atoms with E-state index in [-0.39, 0.29) is 11.9 Å². The van der Waals surface area contributed by atoms with Gasteiger partial charge in [-0.25, -0.2) is 0 Å². The molecule has 0 aliphatic heterocycles. The molecule has 4 heteroatoms. The lowest BCUT2D eigenvalue weighted by molar-refractivity contribution is -0.126. The molecule has 2 rings (SSSR count). The highest BCUT2D eigenvalue weighted by atomic mass is 16.3. The quantitative estimate of drug-likeness (QED) is 0.790. The Hall–Kier alpha value is -2.36. The molecule has 0 aliphatic carbocycles. The number of likely N-dealkylation sites (N-methyl/N-ethyl adjacent to an activating group) is 1. The van der Waals surface area contributed by atoms with Crippen LogP contribution in [0.1, 0.15) is 24.3 Å². The summed E-state index contributed by atoms with van der Waals surface area (Å²) in [6.07, 6.45) is 8.30. The second kappa shape index (κ2) is 6.00. The first-order valence-corrected chi connectivity index (χ1v) is 6.07. The molecule has 0 saturated carbocycles. The Balaban J connectivity index is 2.02. The van der Waals surface area contributed by atoms with Crippen molar-refractivity contribution in [2.75, 3.05) is 7.05 Å². The number of pyridine rings is 1. The highest BCUT2D eigenvalue weighted by Crippen LogP contribution is 2.19. The second-order valence-electron chi connectivity index (χ2n) is 4.26. The highest BCUT2D eigenvalue weighted by Gasteiger charge is 2.17. The maximum absolute atomic E-state index is 12.0. The zero-order chi connectivity index (χ0) is 13.7. The number of rotatable bonds is 4. The van der Waals surface area contributed by atoms with Gasteiger partial charge in [0.05, 0.1) is 12.3 Å². The van der Waals surface area contributed by atoms with E-state index >= 15 is 0 Å². The second-order valence-corrected chi connectivity index (χ2v) is 4.26. The van der Waals surface area contributed by atoms with Gasteiger partial charge in [0.25, 0.3) is 0 Å². The summed E-state index contributed by atoms with van der Waals surface area (Å²) in [5.74, 6) is 0.693. The molecule has 0 spiro atoms. The van der Waals surface area contributed by atoms with E-state index in [1.807, 2.05) is 31.2 Å². The van der Waals surface area contributed by atoms with E-state index < -0.39 is 0 Å². The lowest BCUT2D eigenvalue weighted by atomic mass is 10.2. The van der Waals surface area contributed by atoms with Gasteiger partial charge in [-0.3, -0.25) is 9.78 Å². The van der Waals surface area contributed by atoms with Crippen molar-refractivity contribution in [3.63, 3.8) is 0 Å². The molecule has 0 bridgehead atoms. The number of nitrogens with zero attached hydrogens (tertiary/aromatic N) is 2. The number of furan rings is 1. The van der Waals surface area contributed by atoms with E-state index in [4.69, 9.17) is 4.42 Å². The van der Waals surface area contributed by atoms with Crippen LogP contribution in [0.25, 0.3) is 6.08 Å². The fourth-order valence-electron chi connectivity index (χ4n) is 1.67. The molecule has 0 aromatic carbocycles. The van der Waals surface area contributed by atoms with Gasteiger partial charge in [0.15, 0.2) is 0 Å². The van der Waals surface area contributed by atoms with Crippen LogP contribution in [0.3, 0.4) is 0 Å². The van der Waals surface area contributed by atoms with Crippen molar-refractivity contribution in [1.29, 1.82) is 0 Å². The topological polar surface area (TPSA) is 46.3 Å². The molecule has 0 fully saturated rings. The van der Waals surface area contributed by atoms with E-state index in [1.165, 1.54) is 6.08 Å². The number of carbonyl (C=O) groups excluding carboxylic acids is 1. The number of aromatic nitrogens is 1. The summed E-state index contributed by atoms with van der Waals surface area (Å²) in [7, 11) is 1.75. The van der Waals surface area contributed by atoms with E-state index in [2.05, 4.69) is 4.98 Å². The number of amides is 1. The van der Waals surface area contributed by atoms with Crippen molar-refractivity contribution >= 4 is 12.0 Å². The summed E-state index contributed by atoms with van der Waals surface area (Å²) in [4.78, 5) is 17.7. The Morgan fingerprint density at radius 2 is 2.26 bits per heavy atom. The molecule has 0 aliphatic rings. The predicted molar refractivity (Wildman–Crippen MR) is 73.2 cm³/mol. The standard InChI is InChI=1S/C15H16N2O2/c1-12(14-6-4-10-19-14)17(2)15(18)8-7-13-5-3-9-16-11-13/h3-12H,1-2H3/b8-7+. The maximum Gasteiger partial charge on any atom is 0.246 e. The van der Waals surface area contributed by atoms with Crippen LogP contribution in [0.15, 0.2) is 53.4 Å². The normalized spacial score (nSPS) is 12.5. The molecule has 19 heavy (non-hydrogen) atoms. The van der Waals surface area contributed by atoms with Gasteiger partial charge in [0.2, 0.25) is 5.91 Å². The van der Waals surface area contributed by atoms with E-state index in [9.17, 15) is 4.79 Å². The molecule has 98 valence electrons. The Morgan fingerprint density at radius 1 is 1.42 bits per heavy atom. The van der Waals surface area contributed by atoms with Gasteiger partial charge in [-0.05, 0) is 36.8 Å². The third-order valence-corrected chi connectivity index (χ3v) is 2.99. The van der Waals surface area contributed by atoms with E-state index in [1.54, 1.807) is 36.7 Å². The molecular formula is C15H16N2O2. The number of hydrogen-bond donors (Lipinski definition) is 0. The van der Waals surface area contributed by atoms with Gasteiger partial charge in [-0.1, -0.05) is 6.07 Å². The van der Waals surface area contributed by atoms with Crippen molar-refractivity contribution < 1.29 is 9.21 Å². The minimum Gasteiger partial charge on any atom is -0.467 e. The first-order chi connectivity index (χ1) is 9.18. The molecule has 0 saturated heterocycles. The average molecular weight is 256 g/mol. The fourth-order valence-corrected chi connectivity index (χ4v) is 1.67. The summed E-state index contributed by atoms with van der Waals surface area (Å²) in [5, 5.41) is 0. The first kappa shape index (κ1) is 13.1. The first-order valence-electron chi connectivity index (χ1n) is 6.07. The lowest BCUT2D eigenvalue weighted by Gasteiger charge is -2.21. The summed E-state index contributed by atoms with van der Waals surface area (Å²) < 4.78 is 5.30. The Morgan fingerprint density at radius 3 is 2.89 bits per heavy atom. The monoisotopic (exact) mass is 256 g/mol. The lowest BCUT2D eigenvalue weighted by Crippen LogP contribution is -2.27. The molecule has 1 atom stereocenters. The number of hydrogen-bond acceptors (Lipinski definition) is 3. The minimum atomic E-state index is -0.0963. The van der Waals surface area contributed by atoms with Crippen LogP contribution >= 0.6 is 0 Å². The van der Waals surface area contributed by atoms with Crippen molar-refractivity contribution in [2.45, 2.75) is 13.0 Å². The molecule has 2 aromatic heterocycles. The van der Waals surface area contributed by atoms with E-state index in [0.29, 0.717) is 0 Å². The largest absolute Gasteiger partial charge is 0.467 e. The molecule has 1 amide bonds. The van der Waals surface area contributed by atoms with Crippen LogP contribution in [0, 0.1) is 0 Å². The average Bonchev–Trinajstić information content (AvgIpc) is 2.98. The van der Waals surface area contributed by atoms with Crippen LogP contribution in [-0.4, -0.2) is 22.8 Å². The van der Waals surface area contributed by atoms with Crippen molar-refractivity contribution in [3.8, 4) is 0 Å². The van der Waals surface area contributed by atoms with Gasteiger partial charge in [0, 0.05) is 25.5 Å². The van der Waals surface area contributed by atoms with Crippen LogP contribution < -0.4 is 0 Å². The third kappa shape index (κ3) is 3.31. The molecular weight excluding hydrogens is 240 g/mol. The Labute approximate surface area is 112 Å². The third-order valence-electron chi connectivity index (χ3n) is 2.99.